The highest BCUT2D eigenvalue weighted by Crippen LogP contribution is 2.29. The standard InChI is InChI=1S/C17H25N3O2/c1-3-11-18-16(22)17(9-5-4-6-10-17)20-15(21)14-8-7-13(2)19-12-14/h7-8,12H,3-6,9-11H2,1-2H3,(H,18,22)(H,20,21). The molecule has 120 valence electrons. The van der Waals surface area contributed by atoms with Crippen LogP contribution in [0.3, 0.4) is 0 Å². The quantitative estimate of drug-likeness (QED) is 0.877. The number of nitrogens with zero attached hydrogens (tertiary/aromatic N) is 1. The molecule has 1 aromatic heterocycles. The van der Waals surface area contributed by atoms with Gasteiger partial charge in [0.15, 0.2) is 0 Å². The second kappa shape index (κ2) is 7.38. The Kier molecular flexibility index (Phi) is 5.52. The molecule has 2 rings (SSSR count). The highest BCUT2D eigenvalue weighted by atomic mass is 16.2. The van der Waals surface area contributed by atoms with Crippen molar-refractivity contribution in [1.29, 1.82) is 0 Å². The van der Waals surface area contributed by atoms with Crippen LogP contribution in [0.1, 0.15) is 61.5 Å². The largest absolute Gasteiger partial charge is 0.354 e. The van der Waals surface area contributed by atoms with Crippen LogP contribution in [0, 0.1) is 6.92 Å². The summed E-state index contributed by atoms with van der Waals surface area (Å²) >= 11 is 0. The van der Waals surface area contributed by atoms with Gasteiger partial charge in [0.2, 0.25) is 5.91 Å². The molecule has 1 saturated carbocycles. The fraction of sp³-hybridized carbons (Fsp3) is 0.588. The van der Waals surface area contributed by atoms with Crippen molar-refractivity contribution in [1.82, 2.24) is 15.6 Å². The molecule has 1 heterocycles. The fourth-order valence-electron chi connectivity index (χ4n) is 2.86. The summed E-state index contributed by atoms with van der Waals surface area (Å²) in [7, 11) is 0. The second-order valence-corrected chi connectivity index (χ2v) is 6.04. The molecule has 1 aliphatic carbocycles. The molecule has 0 aromatic carbocycles. The molecule has 5 nitrogen and oxygen atoms in total. The monoisotopic (exact) mass is 303 g/mol. The first-order chi connectivity index (χ1) is 10.6. The number of hydrogen-bond acceptors (Lipinski definition) is 3. The van der Waals surface area contributed by atoms with Crippen molar-refractivity contribution < 1.29 is 9.59 Å². The molecule has 2 amide bonds. The predicted molar refractivity (Wildman–Crippen MR) is 85.6 cm³/mol. The van der Waals surface area contributed by atoms with E-state index in [4.69, 9.17) is 0 Å². The number of nitrogens with one attached hydrogen (secondary N) is 2. The van der Waals surface area contributed by atoms with E-state index in [1.807, 2.05) is 13.8 Å². The van der Waals surface area contributed by atoms with E-state index in [0.29, 0.717) is 24.9 Å². The lowest BCUT2D eigenvalue weighted by atomic mass is 9.80. The Bertz CT molecular complexity index is 519. The maximum absolute atomic E-state index is 12.6. The van der Waals surface area contributed by atoms with Gasteiger partial charge in [-0.2, -0.15) is 0 Å². The molecular formula is C17H25N3O2. The Hall–Kier alpha value is -1.91. The van der Waals surface area contributed by atoms with E-state index >= 15 is 0 Å². The summed E-state index contributed by atoms with van der Waals surface area (Å²) in [6, 6.07) is 3.55. The van der Waals surface area contributed by atoms with Gasteiger partial charge in [0, 0.05) is 18.4 Å². The summed E-state index contributed by atoms with van der Waals surface area (Å²) in [5.74, 6) is -0.275. The predicted octanol–water partition coefficient (Wildman–Crippen LogP) is 2.35. The third-order valence-corrected chi connectivity index (χ3v) is 4.20. The van der Waals surface area contributed by atoms with Gasteiger partial charge in [-0.1, -0.05) is 26.2 Å². The molecule has 0 bridgehead atoms. The van der Waals surface area contributed by atoms with E-state index in [1.54, 1.807) is 18.3 Å². The SMILES string of the molecule is CCCNC(=O)C1(NC(=O)c2ccc(C)nc2)CCCCC1. The van der Waals surface area contributed by atoms with Crippen LogP contribution in [0.5, 0.6) is 0 Å². The van der Waals surface area contributed by atoms with Crippen molar-refractivity contribution in [2.24, 2.45) is 0 Å². The second-order valence-electron chi connectivity index (χ2n) is 6.04. The minimum Gasteiger partial charge on any atom is -0.354 e. The van der Waals surface area contributed by atoms with E-state index in [-0.39, 0.29) is 11.8 Å². The molecule has 1 aliphatic rings. The number of amides is 2. The van der Waals surface area contributed by atoms with E-state index in [9.17, 15) is 9.59 Å². The molecule has 1 aromatic rings. The van der Waals surface area contributed by atoms with Gasteiger partial charge in [-0.15, -0.1) is 0 Å². The molecule has 0 saturated heterocycles. The molecule has 2 N–H and O–H groups in total. The van der Waals surface area contributed by atoms with Crippen molar-refractivity contribution in [3.8, 4) is 0 Å². The zero-order valence-corrected chi connectivity index (χ0v) is 13.4. The topological polar surface area (TPSA) is 71.1 Å². The summed E-state index contributed by atoms with van der Waals surface area (Å²) in [5, 5.41) is 5.93. The minimum absolute atomic E-state index is 0.0533. The van der Waals surface area contributed by atoms with Gasteiger partial charge in [0.05, 0.1) is 5.56 Å². The lowest BCUT2D eigenvalue weighted by molar-refractivity contribution is -0.128. The van der Waals surface area contributed by atoms with Crippen LogP contribution in [0.15, 0.2) is 18.3 Å². The van der Waals surface area contributed by atoms with Crippen LogP contribution in [-0.2, 0) is 4.79 Å². The van der Waals surface area contributed by atoms with E-state index in [2.05, 4.69) is 15.6 Å². The first-order valence-electron chi connectivity index (χ1n) is 8.11. The third kappa shape index (κ3) is 3.84. The summed E-state index contributed by atoms with van der Waals surface area (Å²) in [6.45, 7) is 4.54. The van der Waals surface area contributed by atoms with Crippen LogP contribution < -0.4 is 10.6 Å². The maximum atomic E-state index is 12.6. The zero-order chi connectivity index (χ0) is 16.0. The zero-order valence-electron chi connectivity index (χ0n) is 13.4. The Morgan fingerprint density at radius 3 is 2.55 bits per heavy atom. The summed E-state index contributed by atoms with van der Waals surface area (Å²) in [4.78, 5) is 29.2. The van der Waals surface area contributed by atoms with Crippen molar-refractivity contribution in [2.75, 3.05) is 6.54 Å². The lowest BCUT2D eigenvalue weighted by Gasteiger charge is -2.36. The van der Waals surface area contributed by atoms with Gasteiger partial charge >= 0.3 is 0 Å². The Balaban J connectivity index is 2.13. The molecule has 0 spiro atoms. The van der Waals surface area contributed by atoms with E-state index in [1.165, 1.54) is 0 Å². The van der Waals surface area contributed by atoms with Crippen molar-refractivity contribution in [2.45, 2.75) is 57.9 Å². The van der Waals surface area contributed by atoms with Crippen molar-refractivity contribution >= 4 is 11.8 Å². The number of carbonyl (C=O) groups excluding carboxylic acids is 2. The molecule has 1 fully saturated rings. The molecule has 0 radical (unpaired) electrons. The Labute approximate surface area is 131 Å². The van der Waals surface area contributed by atoms with Gasteiger partial charge in [-0.25, -0.2) is 0 Å². The lowest BCUT2D eigenvalue weighted by Crippen LogP contribution is -2.59. The molecule has 0 atom stereocenters. The van der Waals surface area contributed by atoms with Crippen molar-refractivity contribution in [3.05, 3.63) is 29.6 Å². The van der Waals surface area contributed by atoms with Crippen LogP contribution in [0.2, 0.25) is 0 Å². The average molecular weight is 303 g/mol. The summed E-state index contributed by atoms with van der Waals surface area (Å²) < 4.78 is 0. The number of aryl methyl sites for hydroxylation is 1. The molecule has 5 heteroatoms. The van der Waals surface area contributed by atoms with Crippen LogP contribution in [0.4, 0.5) is 0 Å². The Morgan fingerprint density at radius 2 is 1.95 bits per heavy atom. The van der Waals surface area contributed by atoms with Gasteiger partial charge in [-0.05, 0) is 38.3 Å². The summed E-state index contributed by atoms with van der Waals surface area (Å²) in [6.07, 6.45) is 6.90. The van der Waals surface area contributed by atoms with Crippen LogP contribution in [-0.4, -0.2) is 28.9 Å². The number of rotatable bonds is 5. The van der Waals surface area contributed by atoms with E-state index < -0.39 is 5.54 Å². The highest BCUT2D eigenvalue weighted by Gasteiger charge is 2.40. The van der Waals surface area contributed by atoms with Gasteiger partial charge in [0.25, 0.3) is 5.91 Å². The smallest absolute Gasteiger partial charge is 0.253 e. The number of pyridine rings is 1. The van der Waals surface area contributed by atoms with Crippen molar-refractivity contribution in [3.63, 3.8) is 0 Å². The molecule has 0 aliphatic heterocycles. The third-order valence-electron chi connectivity index (χ3n) is 4.20. The van der Waals surface area contributed by atoms with Gasteiger partial charge < -0.3 is 10.6 Å². The first kappa shape index (κ1) is 16.5. The van der Waals surface area contributed by atoms with Crippen LogP contribution in [0.25, 0.3) is 0 Å². The van der Waals surface area contributed by atoms with E-state index in [0.717, 1.165) is 31.4 Å². The minimum atomic E-state index is -0.768. The average Bonchev–Trinajstić information content (AvgIpc) is 2.54. The van der Waals surface area contributed by atoms with Gasteiger partial charge in [-0.3, -0.25) is 14.6 Å². The normalized spacial score (nSPS) is 16.8. The molecular weight excluding hydrogens is 278 g/mol. The van der Waals surface area contributed by atoms with Gasteiger partial charge in [0.1, 0.15) is 5.54 Å². The number of carbonyl (C=O) groups is 2. The fourth-order valence-corrected chi connectivity index (χ4v) is 2.86. The highest BCUT2D eigenvalue weighted by molar-refractivity contribution is 5.99. The maximum Gasteiger partial charge on any atom is 0.253 e. The number of aromatic nitrogens is 1. The first-order valence-corrected chi connectivity index (χ1v) is 8.11. The summed E-state index contributed by atoms with van der Waals surface area (Å²) in [5.41, 5.74) is 0.596. The molecule has 0 unspecified atom stereocenters. The Morgan fingerprint density at radius 1 is 1.23 bits per heavy atom. The molecule has 22 heavy (non-hydrogen) atoms. The van der Waals surface area contributed by atoms with Crippen LogP contribution >= 0.6 is 0 Å². The number of hydrogen-bond donors (Lipinski definition) is 2.